The Morgan fingerprint density at radius 1 is 0.585 bits per heavy atom. The first-order chi connectivity index (χ1) is 25.5. The summed E-state index contributed by atoms with van der Waals surface area (Å²) in [5.41, 5.74) is 0. The van der Waals surface area contributed by atoms with Crippen LogP contribution in [0, 0.1) is 0 Å². The van der Waals surface area contributed by atoms with Crippen LogP contribution in [0.3, 0.4) is 0 Å². The van der Waals surface area contributed by atoms with Crippen LogP contribution in [0.15, 0.2) is 48.6 Å². The number of phosphoric ester groups is 1. The van der Waals surface area contributed by atoms with Crippen molar-refractivity contribution in [3.63, 3.8) is 0 Å². The van der Waals surface area contributed by atoms with Crippen LogP contribution in [-0.4, -0.2) is 70.0 Å². The van der Waals surface area contributed by atoms with Gasteiger partial charge < -0.3 is 27.9 Å². The first-order valence-corrected chi connectivity index (χ1v) is 22.3. The first-order valence-electron chi connectivity index (χ1n) is 20.8. The van der Waals surface area contributed by atoms with E-state index in [0.29, 0.717) is 23.9 Å². The van der Waals surface area contributed by atoms with E-state index >= 15 is 0 Å². The number of esters is 2. The zero-order chi connectivity index (χ0) is 39.3. The first kappa shape index (κ1) is 51.0. The topological polar surface area (TPSA) is 111 Å². The Balaban J connectivity index is 4.44. The number of allylic oxidation sites excluding steroid dienone is 8. The third-order valence-corrected chi connectivity index (χ3v) is 9.54. The zero-order valence-electron chi connectivity index (χ0n) is 34.4. The molecule has 0 heterocycles. The van der Waals surface area contributed by atoms with Crippen LogP contribution in [0.4, 0.5) is 0 Å². The molecule has 0 aromatic heterocycles. The number of hydrogen-bond acceptors (Lipinski definition) is 8. The van der Waals surface area contributed by atoms with E-state index in [1.807, 2.05) is 21.1 Å². The lowest BCUT2D eigenvalue weighted by Crippen LogP contribution is -2.37. The molecule has 0 N–H and O–H groups in total. The Morgan fingerprint density at radius 3 is 1.53 bits per heavy atom. The number of rotatable bonds is 37. The fourth-order valence-corrected chi connectivity index (χ4v) is 5.97. The summed E-state index contributed by atoms with van der Waals surface area (Å²) >= 11 is 0. The molecule has 0 amide bonds. The smallest absolute Gasteiger partial charge is 0.306 e. The number of quaternary nitrogens is 1. The van der Waals surface area contributed by atoms with Gasteiger partial charge in [0, 0.05) is 12.8 Å². The second-order valence-electron chi connectivity index (χ2n) is 15.0. The fourth-order valence-electron chi connectivity index (χ4n) is 5.24. The highest BCUT2D eigenvalue weighted by atomic mass is 31.2. The van der Waals surface area contributed by atoms with E-state index in [0.717, 1.165) is 77.0 Å². The largest absolute Gasteiger partial charge is 0.756 e. The lowest BCUT2D eigenvalue weighted by Gasteiger charge is -2.28. The van der Waals surface area contributed by atoms with Crippen LogP contribution in [0.25, 0.3) is 0 Å². The van der Waals surface area contributed by atoms with Crippen LogP contribution in [0.1, 0.15) is 162 Å². The molecule has 0 spiro atoms. The summed E-state index contributed by atoms with van der Waals surface area (Å²) in [7, 11) is 1.14. The van der Waals surface area contributed by atoms with Gasteiger partial charge in [0.1, 0.15) is 19.8 Å². The molecule has 2 atom stereocenters. The van der Waals surface area contributed by atoms with Crippen LogP contribution in [0.2, 0.25) is 0 Å². The minimum absolute atomic E-state index is 0.0377. The number of carbonyl (C=O) groups excluding carboxylic acids is 2. The van der Waals surface area contributed by atoms with E-state index in [1.165, 1.54) is 44.9 Å². The number of likely N-dealkylation sites (N-methyl/N-ethyl adjacent to an activating group) is 1. The van der Waals surface area contributed by atoms with Gasteiger partial charge in [-0.2, -0.15) is 0 Å². The number of nitrogens with zero attached hydrogens (tertiary/aromatic N) is 1. The van der Waals surface area contributed by atoms with E-state index in [-0.39, 0.29) is 26.1 Å². The molecule has 0 aliphatic heterocycles. The van der Waals surface area contributed by atoms with E-state index in [4.69, 9.17) is 18.5 Å². The van der Waals surface area contributed by atoms with E-state index in [9.17, 15) is 19.0 Å². The normalized spacial score (nSPS) is 14.2. The van der Waals surface area contributed by atoms with Gasteiger partial charge in [0.15, 0.2) is 6.10 Å². The predicted molar refractivity (Wildman–Crippen MR) is 217 cm³/mol. The standard InChI is InChI=1S/C43H78NO8P/c1-6-8-10-12-14-16-18-20-21-22-23-24-26-27-29-31-33-35-42(45)49-39-41(40-51-53(47,48)50-38-37-44(3,4)5)52-43(46)36-34-32-30-28-25-19-17-15-13-11-9-7-2/h14-17,20-21,23-24,41H,6-13,18-19,22,25-40H2,1-5H3/b16-14+,17-15+,21-20+,24-23+/t41-/m0/s1. The Kier molecular flexibility index (Phi) is 34.3. The zero-order valence-corrected chi connectivity index (χ0v) is 35.3. The molecule has 0 saturated carbocycles. The molecule has 0 fully saturated rings. The summed E-state index contributed by atoms with van der Waals surface area (Å²) in [6, 6.07) is 0. The van der Waals surface area contributed by atoms with Crippen molar-refractivity contribution in [3.05, 3.63) is 48.6 Å². The van der Waals surface area contributed by atoms with Gasteiger partial charge in [0.2, 0.25) is 0 Å². The van der Waals surface area contributed by atoms with Crippen LogP contribution in [0.5, 0.6) is 0 Å². The van der Waals surface area contributed by atoms with Gasteiger partial charge in [-0.3, -0.25) is 14.2 Å². The maximum atomic E-state index is 12.6. The van der Waals surface area contributed by atoms with Crippen LogP contribution in [-0.2, 0) is 32.7 Å². The van der Waals surface area contributed by atoms with Gasteiger partial charge in [0.05, 0.1) is 27.7 Å². The van der Waals surface area contributed by atoms with Crippen molar-refractivity contribution in [2.45, 2.75) is 168 Å². The average molecular weight is 768 g/mol. The number of unbranched alkanes of at least 4 members (excludes halogenated alkanes) is 15. The maximum absolute atomic E-state index is 12.6. The number of ether oxygens (including phenoxy) is 2. The van der Waals surface area contributed by atoms with Crippen molar-refractivity contribution >= 4 is 19.8 Å². The number of hydrogen-bond donors (Lipinski definition) is 0. The van der Waals surface area contributed by atoms with Gasteiger partial charge in [-0.1, -0.05) is 120 Å². The maximum Gasteiger partial charge on any atom is 0.306 e. The average Bonchev–Trinajstić information content (AvgIpc) is 3.10. The fraction of sp³-hybridized carbons (Fsp3) is 0.767. The molecule has 0 aliphatic carbocycles. The lowest BCUT2D eigenvalue weighted by atomic mass is 10.1. The monoisotopic (exact) mass is 768 g/mol. The Bertz CT molecular complexity index is 1050. The van der Waals surface area contributed by atoms with Gasteiger partial charge in [0.25, 0.3) is 7.82 Å². The van der Waals surface area contributed by atoms with Crippen LogP contribution < -0.4 is 4.89 Å². The molecule has 0 aliphatic rings. The molecule has 10 heteroatoms. The van der Waals surface area contributed by atoms with Gasteiger partial charge in [-0.25, -0.2) is 0 Å². The third kappa shape index (κ3) is 39.5. The summed E-state index contributed by atoms with van der Waals surface area (Å²) < 4.78 is 33.8. The van der Waals surface area contributed by atoms with Gasteiger partial charge in [-0.05, 0) is 77.0 Å². The molecule has 0 radical (unpaired) electrons. The molecule has 0 rings (SSSR count). The van der Waals surface area contributed by atoms with Crippen molar-refractivity contribution < 1.29 is 42.1 Å². The molecular weight excluding hydrogens is 689 g/mol. The molecule has 0 saturated heterocycles. The van der Waals surface area contributed by atoms with Crippen molar-refractivity contribution in [3.8, 4) is 0 Å². The lowest BCUT2D eigenvalue weighted by molar-refractivity contribution is -0.870. The Morgan fingerprint density at radius 2 is 1.02 bits per heavy atom. The highest BCUT2D eigenvalue weighted by Crippen LogP contribution is 2.38. The van der Waals surface area contributed by atoms with E-state index in [2.05, 4.69) is 62.5 Å². The SMILES string of the molecule is CCCCC/C=C/C/C=C/C/C=C/CCCCCCC(=O)OC[C@@H](COP(=O)([O-])OCC[N+](C)(C)C)OC(=O)CCCCCCC/C=C/CCCCC. The molecule has 0 bridgehead atoms. The van der Waals surface area contributed by atoms with Crippen molar-refractivity contribution in [1.82, 2.24) is 0 Å². The Hall–Kier alpha value is -2.03. The molecular formula is C43H78NO8P. The van der Waals surface area contributed by atoms with E-state index in [1.54, 1.807) is 0 Å². The second kappa shape index (κ2) is 35.7. The highest BCUT2D eigenvalue weighted by Gasteiger charge is 2.21. The van der Waals surface area contributed by atoms with Gasteiger partial charge >= 0.3 is 11.9 Å². The molecule has 1 unspecified atom stereocenters. The molecule has 0 aromatic rings. The van der Waals surface area contributed by atoms with Gasteiger partial charge in [-0.15, -0.1) is 0 Å². The quantitative estimate of drug-likeness (QED) is 0.0202. The molecule has 308 valence electrons. The van der Waals surface area contributed by atoms with Crippen molar-refractivity contribution in [2.24, 2.45) is 0 Å². The molecule has 0 aromatic carbocycles. The summed E-state index contributed by atoms with van der Waals surface area (Å²) in [4.78, 5) is 37.4. The molecule has 9 nitrogen and oxygen atoms in total. The third-order valence-electron chi connectivity index (χ3n) is 8.57. The van der Waals surface area contributed by atoms with Crippen molar-refractivity contribution in [2.75, 3.05) is 47.5 Å². The predicted octanol–water partition coefficient (Wildman–Crippen LogP) is 10.9. The molecule has 53 heavy (non-hydrogen) atoms. The Labute approximate surface area is 324 Å². The summed E-state index contributed by atoms with van der Waals surface area (Å²) in [5.74, 6) is -0.874. The van der Waals surface area contributed by atoms with Crippen molar-refractivity contribution in [1.29, 1.82) is 0 Å². The number of carbonyl (C=O) groups is 2. The van der Waals surface area contributed by atoms with Crippen LogP contribution >= 0.6 is 7.82 Å². The minimum atomic E-state index is -4.63. The minimum Gasteiger partial charge on any atom is -0.756 e. The summed E-state index contributed by atoms with van der Waals surface area (Å²) in [6.07, 6.45) is 39.9. The van der Waals surface area contributed by atoms with E-state index < -0.39 is 32.5 Å². The summed E-state index contributed by atoms with van der Waals surface area (Å²) in [6.45, 7) is 4.12. The second-order valence-corrected chi connectivity index (χ2v) is 16.4. The summed E-state index contributed by atoms with van der Waals surface area (Å²) in [5, 5.41) is 0. The highest BCUT2D eigenvalue weighted by molar-refractivity contribution is 7.45. The number of phosphoric acid groups is 1.